The van der Waals surface area contributed by atoms with E-state index in [0.29, 0.717) is 0 Å². The van der Waals surface area contributed by atoms with Crippen LogP contribution in [0.3, 0.4) is 0 Å². The van der Waals surface area contributed by atoms with E-state index in [0.717, 1.165) is 12.3 Å². The molecule has 292 valence electrons. The molecule has 54 heavy (non-hydrogen) atoms. The van der Waals surface area contributed by atoms with Crippen LogP contribution in [0.15, 0.2) is 47.9 Å². The molecular formula is C39H47NO14. The van der Waals surface area contributed by atoms with Gasteiger partial charge in [0.15, 0.2) is 0 Å². The molecule has 0 saturated carbocycles. The van der Waals surface area contributed by atoms with Crippen molar-refractivity contribution in [2.24, 2.45) is 23.7 Å². The maximum absolute atomic E-state index is 14.3. The normalized spacial score (nSPS) is 36.6. The molecule has 10 atom stereocenters. The molecule has 1 aromatic carbocycles. The maximum Gasteiger partial charge on any atom is 0.335 e. The third-order valence-corrected chi connectivity index (χ3v) is 10.6. The van der Waals surface area contributed by atoms with Gasteiger partial charge >= 0.3 is 17.7 Å². The summed E-state index contributed by atoms with van der Waals surface area (Å²) in [5.41, 5.74) is -1.23. The Morgan fingerprint density at radius 2 is 1.65 bits per heavy atom. The second-order valence-electron chi connectivity index (χ2n) is 14.4. The minimum Gasteiger partial charge on any atom is -0.507 e. The zero-order valence-electron chi connectivity index (χ0n) is 31.6. The van der Waals surface area contributed by atoms with E-state index in [4.69, 9.17) is 28.4 Å². The molecule has 5 bridgehead atoms. The van der Waals surface area contributed by atoms with E-state index in [2.05, 4.69) is 5.32 Å². The van der Waals surface area contributed by atoms with Crippen LogP contribution in [0.2, 0.25) is 0 Å². The lowest BCUT2D eigenvalue weighted by Gasteiger charge is -2.38. The molecule has 5 aliphatic rings. The number of amides is 1. The fraction of sp³-hybridized carbons (Fsp3) is 0.513. The van der Waals surface area contributed by atoms with Crippen molar-refractivity contribution < 1.29 is 67.7 Å². The lowest BCUT2D eigenvalue weighted by atomic mass is 9.78. The van der Waals surface area contributed by atoms with Crippen molar-refractivity contribution in [3.63, 3.8) is 0 Å². The number of esters is 2. The lowest BCUT2D eigenvalue weighted by molar-refractivity contribution is -0.161. The predicted octanol–water partition coefficient (Wildman–Crippen LogP) is 3.17. The van der Waals surface area contributed by atoms with Crippen LogP contribution in [0, 0.1) is 30.6 Å². The summed E-state index contributed by atoms with van der Waals surface area (Å²) in [7, 11) is 1.42. The molecule has 1 fully saturated rings. The molecule has 4 heterocycles. The molecule has 0 aromatic heterocycles. The molecule has 1 aliphatic carbocycles. The molecule has 15 nitrogen and oxygen atoms in total. The fourth-order valence-electron chi connectivity index (χ4n) is 7.37. The van der Waals surface area contributed by atoms with Gasteiger partial charge in [0.05, 0.1) is 47.0 Å². The van der Waals surface area contributed by atoms with E-state index in [1.807, 2.05) is 0 Å². The number of nitrogens with one attached hydrogen (secondary N) is 1. The average Bonchev–Trinajstić information content (AvgIpc) is 3.62. The van der Waals surface area contributed by atoms with Crippen molar-refractivity contribution in [3.8, 4) is 11.5 Å². The van der Waals surface area contributed by atoms with Crippen LogP contribution < -0.4 is 10.1 Å². The van der Waals surface area contributed by atoms with E-state index < -0.39 is 107 Å². The first-order valence-electron chi connectivity index (χ1n) is 17.6. The van der Waals surface area contributed by atoms with E-state index in [9.17, 15) is 39.3 Å². The van der Waals surface area contributed by atoms with E-state index in [1.54, 1.807) is 39.8 Å². The van der Waals surface area contributed by atoms with Crippen molar-refractivity contribution in [1.29, 1.82) is 0 Å². The standard InChI is InChI=1S/C39H47NO14/c1-17-11-10-12-18(2)37(48)40-24-15-39(51-16-26(42)53-39)29-27(33(24)46)32(45)22(6)35-28(29)36(47)38(8,54-35)50-14-13-25(49-9)19(3)34(52-23(7)41)21(5)31(44)20(4)30(17)43/h10-15,17,19-21,25,30-31,34,43-45H,16H2,1-9H3,(H,40,48)/b11-10+,14-13+,18-12-/t17-,19+,20+,21+,25-,30-,31+,34?,38-,39?/m0/s1. The highest BCUT2D eigenvalue weighted by Crippen LogP contribution is 2.53. The second kappa shape index (κ2) is 15.1. The molecule has 1 amide bonds. The Morgan fingerprint density at radius 3 is 2.26 bits per heavy atom. The van der Waals surface area contributed by atoms with E-state index in [-0.39, 0.29) is 33.7 Å². The van der Waals surface area contributed by atoms with Gasteiger partial charge in [-0.25, -0.2) is 4.79 Å². The van der Waals surface area contributed by atoms with Gasteiger partial charge in [-0.2, -0.15) is 0 Å². The number of Topliss-reactive ketones (excluding diaryl/α,β-unsaturated/α-hetero) is 2. The smallest absolute Gasteiger partial charge is 0.335 e. The van der Waals surface area contributed by atoms with Crippen molar-refractivity contribution >= 4 is 29.4 Å². The van der Waals surface area contributed by atoms with E-state index >= 15 is 0 Å². The van der Waals surface area contributed by atoms with Gasteiger partial charge in [0, 0.05) is 61.8 Å². The van der Waals surface area contributed by atoms with Gasteiger partial charge in [-0.1, -0.05) is 45.9 Å². The van der Waals surface area contributed by atoms with Crippen molar-refractivity contribution in [1.82, 2.24) is 5.32 Å². The molecule has 15 heteroatoms. The highest BCUT2D eigenvalue weighted by Gasteiger charge is 2.58. The molecule has 4 N–H and O–H groups in total. The van der Waals surface area contributed by atoms with Gasteiger partial charge < -0.3 is 49.1 Å². The number of hydrogen-bond donors (Lipinski definition) is 4. The Morgan fingerprint density at radius 1 is 0.963 bits per heavy atom. The van der Waals surface area contributed by atoms with Crippen LogP contribution in [0.5, 0.6) is 11.5 Å². The Kier molecular flexibility index (Phi) is 11.3. The number of carbonyl (C=O) groups excluding carboxylic acids is 5. The Balaban J connectivity index is 1.66. The molecule has 1 saturated heterocycles. The summed E-state index contributed by atoms with van der Waals surface area (Å²) in [5, 5.41) is 36.6. The summed E-state index contributed by atoms with van der Waals surface area (Å²) in [5.74, 6) is -11.4. The monoisotopic (exact) mass is 753 g/mol. The topological polar surface area (TPSA) is 213 Å². The highest BCUT2D eigenvalue weighted by molar-refractivity contribution is 6.19. The quantitative estimate of drug-likeness (QED) is 0.320. The van der Waals surface area contributed by atoms with Crippen LogP contribution >= 0.6 is 0 Å². The SMILES string of the molecule is CO[C@H]1/C=C/O[C@@]2(C)Oc3c(C)c(O)c4c(c3C2=O)C2(C=C(NC(=O)/C(C)=C\C=C\[C@H](C)[C@H](O)[C@@H](C)[C@@H](O)[C@@H](C)C(OC(C)=O)[C@@H]1C)C4=O)OCC(=O)O2. The first kappa shape index (κ1) is 40.4. The van der Waals surface area contributed by atoms with Crippen molar-refractivity contribution in [3.05, 3.63) is 70.2 Å². The number of aliphatic hydroxyl groups is 2. The summed E-state index contributed by atoms with van der Waals surface area (Å²) in [6.07, 6.45) is 4.41. The summed E-state index contributed by atoms with van der Waals surface area (Å²) in [4.78, 5) is 66.6. The van der Waals surface area contributed by atoms with Crippen LogP contribution in [0.4, 0.5) is 0 Å². The number of phenols is 1. The summed E-state index contributed by atoms with van der Waals surface area (Å²) in [6, 6.07) is 0. The number of aliphatic hydroxyl groups excluding tert-OH is 2. The first-order chi connectivity index (χ1) is 25.3. The molecule has 2 unspecified atom stereocenters. The third kappa shape index (κ3) is 7.08. The zero-order chi connectivity index (χ0) is 40.0. The number of allylic oxidation sites excluding steroid dienone is 3. The van der Waals surface area contributed by atoms with Gasteiger partial charge in [-0.05, 0) is 19.9 Å². The van der Waals surface area contributed by atoms with Gasteiger partial charge in [-0.3, -0.25) is 19.2 Å². The number of phenolic OH excluding ortho intramolecular Hbond substituents is 1. The Hall–Kier alpha value is -4.83. The Labute approximate surface area is 312 Å². The molecule has 0 radical (unpaired) electrons. The number of aromatic hydroxyl groups is 1. The number of ketones is 2. The Bertz CT molecular complexity index is 1880. The maximum atomic E-state index is 14.3. The number of rotatable bonds is 2. The number of benzene rings is 1. The summed E-state index contributed by atoms with van der Waals surface area (Å²) >= 11 is 0. The zero-order valence-corrected chi connectivity index (χ0v) is 31.6. The number of hydrogen-bond acceptors (Lipinski definition) is 14. The molecule has 1 aromatic rings. The predicted molar refractivity (Wildman–Crippen MR) is 189 cm³/mol. The van der Waals surface area contributed by atoms with E-state index in [1.165, 1.54) is 47.0 Å². The molecule has 4 aliphatic heterocycles. The number of carbonyl (C=O) groups is 5. The van der Waals surface area contributed by atoms with Crippen molar-refractivity contribution in [2.45, 2.75) is 91.4 Å². The summed E-state index contributed by atoms with van der Waals surface area (Å²) < 4.78 is 34.8. The second-order valence-corrected chi connectivity index (χ2v) is 14.4. The number of fused-ring (bicyclic) bond motifs is 13. The number of methoxy groups -OCH3 is 1. The minimum absolute atomic E-state index is 0.00812. The third-order valence-electron chi connectivity index (χ3n) is 10.6. The molecule has 1 spiro atoms. The van der Waals surface area contributed by atoms with Crippen LogP contribution in [0.1, 0.15) is 80.3 Å². The lowest BCUT2D eigenvalue weighted by Crippen LogP contribution is -2.46. The van der Waals surface area contributed by atoms with Gasteiger partial charge in [0.2, 0.25) is 5.78 Å². The fourth-order valence-corrected chi connectivity index (χ4v) is 7.37. The highest BCUT2D eigenvalue weighted by atomic mass is 16.8. The van der Waals surface area contributed by atoms with Crippen LogP contribution in [-0.2, 0) is 43.9 Å². The summed E-state index contributed by atoms with van der Waals surface area (Å²) in [6.45, 7) is 11.7. The van der Waals surface area contributed by atoms with Crippen LogP contribution in [0.25, 0.3) is 0 Å². The largest absolute Gasteiger partial charge is 0.507 e. The van der Waals surface area contributed by atoms with Gasteiger partial charge in [0.1, 0.15) is 24.2 Å². The number of ether oxygens (including phenoxy) is 6. The van der Waals surface area contributed by atoms with Crippen LogP contribution in [-0.4, -0.2) is 88.7 Å². The molecule has 6 rings (SSSR count). The van der Waals surface area contributed by atoms with Crippen molar-refractivity contribution in [2.75, 3.05) is 13.7 Å². The minimum atomic E-state index is -2.21. The first-order valence-corrected chi connectivity index (χ1v) is 17.6. The molecular weight excluding hydrogens is 706 g/mol. The average molecular weight is 754 g/mol. The van der Waals surface area contributed by atoms with Gasteiger partial charge in [0.25, 0.3) is 17.5 Å². The van der Waals surface area contributed by atoms with Gasteiger partial charge in [-0.15, -0.1) is 0 Å².